The number of halogens is 1. The summed E-state index contributed by atoms with van der Waals surface area (Å²) in [6.45, 7) is 5.56. The Morgan fingerprint density at radius 2 is 2.03 bits per heavy atom. The van der Waals surface area contributed by atoms with E-state index in [0.29, 0.717) is 12.5 Å². The number of aromatic nitrogens is 3. The molecule has 0 amide bonds. The minimum Gasteiger partial charge on any atom is -0.365 e. The number of nitrogens with zero attached hydrogens (tertiary/aromatic N) is 5. The van der Waals surface area contributed by atoms with Crippen molar-refractivity contribution in [2.75, 3.05) is 16.8 Å². The Bertz CT molecular complexity index is 1090. The van der Waals surface area contributed by atoms with Crippen LogP contribution in [0.4, 0.5) is 23.0 Å². The molecule has 30 heavy (non-hydrogen) atoms. The zero-order chi connectivity index (χ0) is 21.3. The van der Waals surface area contributed by atoms with Crippen molar-refractivity contribution < 1.29 is 4.92 Å². The smallest absolute Gasteiger partial charge is 0.288 e. The van der Waals surface area contributed by atoms with Gasteiger partial charge in [-0.25, -0.2) is 15.0 Å². The number of anilines is 3. The maximum atomic E-state index is 11.0. The average molecular weight is 425 g/mol. The quantitative estimate of drug-likeness (QED) is 0.461. The van der Waals surface area contributed by atoms with Gasteiger partial charge in [0.2, 0.25) is 0 Å². The first-order valence-corrected chi connectivity index (χ1v) is 10.0. The molecule has 0 bridgehead atoms. The summed E-state index contributed by atoms with van der Waals surface area (Å²) in [5, 5.41) is 14.4. The van der Waals surface area contributed by atoms with E-state index in [2.05, 4.69) is 45.1 Å². The van der Waals surface area contributed by atoms with E-state index in [1.807, 2.05) is 12.3 Å². The molecular weight excluding hydrogens is 404 g/mol. The van der Waals surface area contributed by atoms with Crippen LogP contribution < -0.4 is 10.2 Å². The Morgan fingerprint density at radius 3 is 2.70 bits per heavy atom. The van der Waals surface area contributed by atoms with Gasteiger partial charge in [0.15, 0.2) is 0 Å². The largest absolute Gasteiger partial charge is 0.365 e. The summed E-state index contributed by atoms with van der Waals surface area (Å²) in [7, 11) is 0. The maximum Gasteiger partial charge on any atom is 0.288 e. The summed E-state index contributed by atoms with van der Waals surface area (Å²) in [6.07, 6.45) is 4.15. The number of nitrogens with one attached hydrogen (secondary N) is 1. The lowest BCUT2D eigenvalue weighted by atomic mass is 10.0. The van der Waals surface area contributed by atoms with Crippen LogP contribution in [-0.2, 0) is 13.0 Å². The minimum absolute atomic E-state index is 0.0948. The van der Waals surface area contributed by atoms with E-state index in [1.54, 1.807) is 12.1 Å². The molecule has 8 nitrogen and oxygen atoms in total. The van der Waals surface area contributed by atoms with Gasteiger partial charge in [-0.1, -0.05) is 31.5 Å². The maximum absolute atomic E-state index is 11.0. The molecule has 9 heteroatoms. The van der Waals surface area contributed by atoms with Crippen molar-refractivity contribution in [2.45, 2.75) is 32.7 Å². The van der Waals surface area contributed by atoms with E-state index < -0.39 is 4.92 Å². The molecule has 3 aromatic rings. The molecule has 0 radical (unpaired) electrons. The van der Waals surface area contributed by atoms with Crippen molar-refractivity contribution in [1.82, 2.24) is 15.0 Å². The van der Waals surface area contributed by atoms with Gasteiger partial charge in [-0.05, 0) is 36.1 Å². The molecule has 4 rings (SSSR count). The molecule has 1 aliphatic heterocycles. The highest BCUT2D eigenvalue weighted by atomic mass is 35.5. The van der Waals surface area contributed by atoms with Crippen molar-refractivity contribution in [3.05, 3.63) is 74.8 Å². The van der Waals surface area contributed by atoms with Crippen molar-refractivity contribution in [2.24, 2.45) is 0 Å². The molecule has 0 aliphatic carbocycles. The second kappa shape index (κ2) is 8.23. The summed E-state index contributed by atoms with van der Waals surface area (Å²) in [4.78, 5) is 26.0. The molecule has 0 fully saturated rings. The molecule has 2 aromatic heterocycles. The fourth-order valence-corrected chi connectivity index (χ4v) is 3.71. The Hall–Kier alpha value is -3.26. The SMILES string of the molecule is CC(C)c1ccc(Nc2ncnc3c2CCN(c2ccc([N+](=O)[O-])c(Cl)c2)C3)nc1. The standard InChI is InChI=1S/C21H21ClN6O2/c1-13(2)14-3-6-20(23-10-14)26-21-16-7-8-27(11-18(16)24-12-25-21)15-4-5-19(28(29)30)17(22)9-15/h3-6,9-10,12-13H,7-8,11H2,1-2H3,(H,23,24,25,26). The summed E-state index contributed by atoms with van der Waals surface area (Å²) >= 11 is 6.08. The van der Waals surface area contributed by atoms with Crippen LogP contribution in [0.25, 0.3) is 0 Å². The van der Waals surface area contributed by atoms with Gasteiger partial charge in [0, 0.05) is 30.1 Å². The molecular formula is C21H21ClN6O2. The number of nitro benzene ring substituents is 1. The predicted molar refractivity (Wildman–Crippen MR) is 117 cm³/mol. The molecule has 0 saturated heterocycles. The lowest BCUT2D eigenvalue weighted by Gasteiger charge is -2.30. The summed E-state index contributed by atoms with van der Waals surface area (Å²) in [6, 6.07) is 8.80. The van der Waals surface area contributed by atoms with Crippen molar-refractivity contribution >= 4 is 34.6 Å². The minimum atomic E-state index is -0.482. The van der Waals surface area contributed by atoms with Crippen molar-refractivity contribution in [1.29, 1.82) is 0 Å². The number of fused-ring (bicyclic) bond motifs is 1. The number of hydrogen-bond acceptors (Lipinski definition) is 7. The van der Waals surface area contributed by atoms with E-state index in [0.717, 1.165) is 41.5 Å². The molecule has 0 atom stereocenters. The van der Waals surface area contributed by atoms with Gasteiger partial charge in [-0.15, -0.1) is 0 Å². The van der Waals surface area contributed by atoms with E-state index in [-0.39, 0.29) is 10.7 Å². The highest BCUT2D eigenvalue weighted by Crippen LogP contribution is 2.32. The van der Waals surface area contributed by atoms with Gasteiger partial charge in [0.25, 0.3) is 5.69 Å². The number of rotatable bonds is 5. The van der Waals surface area contributed by atoms with Crippen LogP contribution in [0.3, 0.4) is 0 Å². The Kier molecular flexibility index (Phi) is 5.50. The van der Waals surface area contributed by atoms with E-state index in [1.165, 1.54) is 18.0 Å². The fraction of sp³-hybridized carbons (Fsp3) is 0.286. The first kappa shape index (κ1) is 20.0. The monoisotopic (exact) mass is 424 g/mol. The molecule has 1 aromatic carbocycles. The van der Waals surface area contributed by atoms with Gasteiger partial charge >= 0.3 is 0 Å². The third kappa shape index (κ3) is 4.04. The Balaban J connectivity index is 1.54. The average Bonchev–Trinajstić information content (AvgIpc) is 2.73. The third-order valence-electron chi connectivity index (χ3n) is 5.20. The van der Waals surface area contributed by atoms with Gasteiger partial charge in [-0.2, -0.15) is 0 Å². The molecule has 0 unspecified atom stereocenters. The fourth-order valence-electron chi connectivity index (χ4n) is 3.47. The normalized spacial score (nSPS) is 13.3. The van der Waals surface area contributed by atoms with E-state index >= 15 is 0 Å². The number of pyridine rings is 1. The third-order valence-corrected chi connectivity index (χ3v) is 5.50. The van der Waals surface area contributed by atoms with Crippen LogP contribution >= 0.6 is 11.6 Å². The molecule has 1 aliphatic rings. The van der Waals surface area contributed by atoms with Crippen LogP contribution in [0.1, 0.15) is 36.6 Å². The number of benzene rings is 1. The Morgan fingerprint density at radius 1 is 1.20 bits per heavy atom. The number of hydrogen-bond donors (Lipinski definition) is 1. The van der Waals surface area contributed by atoms with Crippen molar-refractivity contribution in [3.63, 3.8) is 0 Å². The highest BCUT2D eigenvalue weighted by molar-refractivity contribution is 6.32. The zero-order valence-corrected chi connectivity index (χ0v) is 17.4. The summed E-state index contributed by atoms with van der Waals surface area (Å²) in [5.74, 6) is 1.92. The second-order valence-electron chi connectivity index (χ2n) is 7.47. The second-order valence-corrected chi connectivity index (χ2v) is 7.88. The van der Waals surface area contributed by atoms with E-state index in [9.17, 15) is 10.1 Å². The van der Waals surface area contributed by atoms with Gasteiger partial charge < -0.3 is 10.2 Å². The molecule has 0 spiro atoms. The first-order valence-electron chi connectivity index (χ1n) is 9.67. The highest BCUT2D eigenvalue weighted by Gasteiger charge is 2.23. The molecule has 3 heterocycles. The summed E-state index contributed by atoms with van der Waals surface area (Å²) in [5.41, 5.74) is 3.88. The molecule has 0 saturated carbocycles. The van der Waals surface area contributed by atoms with Crippen LogP contribution in [0, 0.1) is 10.1 Å². The van der Waals surface area contributed by atoms with Crippen LogP contribution in [0.5, 0.6) is 0 Å². The van der Waals surface area contributed by atoms with Crippen LogP contribution in [-0.4, -0.2) is 26.4 Å². The van der Waals surface area contributed by atoms with Crippen LogP contribution in [0.2, 0.25) is 5.02 Å². The van der Waals surface area contributed by atoms with E-state index in [4.69, 9.17) is 11.6 Å². The van der Waals surface area contributed by atoms with Gasteiger partial charge in [-0.3, -0.25) is 10.1 Å². The lowest BCUT2D eigenvalue weighted by molar-refractivity contribution is -0.384. The van der Waals surface area contributed by atoms with Crippen LogP contribution in [0.15, 0.2) is 42.9 Å². The molecule has 154 valence electrons. The summed E-state index contributed by atoms with van der Waals surface area (Å²) < 4.78 is 0. The first-order chi connectivity index (χ1) is 14.4. The predicted octanol–water partition coefficient (Wildman–Crippen LogP) is 4.86. The van der Waals surface area contributed by atoms with Gasteiger partial charge in [0.05, 0.1) is 17.2 Å². The zero-order valence-electron chi connectivity index (χ0n) is 16.7. The Labute approximate surface area is 179 Å². The van der Waals surface area contributed by atoms with Gasteiger partial charge in [0.1, 0.15) is 23.0 Å². The van der Waals surface area contributed by atoms with Crippen molar-refractivity contribution in [3.8, 4) is 0 Å². The molecule has 1 N–H and O–H groups in total. The number of nitro groups is 1. The lowest BCUT2D eigenvalue weighted by Crippen LogP contribution is -2.31. The topological polar surface area (TPSA) is 97.1 Å².